The third-order valence-electron chi connectivity index (χ3n) is 2.14. The van der Waals surface area contributed by atoms with Gasteiger partial charge in [-0.05, 0) is 19.4 Å². The van der Waals surface area contributed by atoms with E-state index in [1.165, 1.54) is 11.1 Å². The molecule has 2 nitrogen and oxygen atoms in total. The molecule has 0 heterocycles. The number of ether oxygens (including phenoxy) is 2. The summed E-state index contributed by atoms with van der Waals surface area (Å²) in [5.74, 6) is 0. The summed E-state index contributed by atoms with van der Waals surface area (Å²) in [7, 11) is 1.68. The highest BCUT2D eigenvalue weighted by Gasteiger charge is 2.06. The molecule has 1 aromatic carbocycles. The van der Waals surface area contributed by atoms with Crippen LogP contribution in [0.25, 0.3) is 0 Å². The van der Waals surface area contributed by atoms with Gasteiger partial charge in [0.05, 0.1) is 0 Å². The molecule has 0 fully saturated rings. The number of benzene rings is 1. The lowest BCUT2D eigenvalue weighted by atomic mass is 10.1. The standard InChI is InChI=1S/C12H18O2/c1-4-14-12(13-3)9-11-7-5-10(2)6-8-11/h5-8,12H,4,9H2,1-3H3. The van der Waals surface area contributed by atoms with Crippen LogP contribution in [-0.2, 0) is 15.9 Å². The van der Waals surface area contributed by atoms with Crippen LogP contribution < -0.4 is 0 Å². The summed E-state index contributed by atoms with van der Waals surface area (Å²) in [4.78, 5) is 0. The van der Waals surface area contributed by atoms with E-state index in [-0.39, 0.29) is 6.29 Å². The first-order valence-corrected chi connectivity index (χ1v) is 4.96. The van der Waals surface area contributed by atoms with Crippen LogP contribution in [0.3, 0.4) is 0 Å². The minimum atomic E-state index is -0.122. The summed E-state index contributed by atoms with van der Waals surface area (Å²) in [5, 5.41) is 0. The van der Waals surface area contributed by atoms with Gasteiger partial charge in [0.15, 0.2) is 6.29 Å². The molecule has 1 aromatic rings. The van der Waals surface area contributed by atoms with E-state index >= 15 is 0 Å². The number of rotatable bonds is 5. The second-order valence-corrected chi connectivity index (χ2v) is 3.31. The molecule has 14 heavy (non-hydrogen) atoms. The Morgan fingerprint density at radius 2 is 1.86 bits per heavy atom. The van der Waals surface area contributed by atoms with E-state index in [0.717, 1.165) is 6.42 Å². The number of methoxy groups -OCH3 is 1. The van der Waals surface area contributed by atoms with Crippen molar-refractivity contribution in [1.82, 2.24) is 0 Å². The van der Waals surface area contributed by atoms with Gasteiger partial charge in [-0.3, -0.25) is 0 Å². The predicted octanol–water partition coefficient (Wildman–Crippen LogP) is 2.55. The van der Waals surface area contributed by atoms with Crippen molar-refractivity contribution in [1.29, 1.82) is 0 Å². The van der Waals surface area contributed by atoms with Gasteiger partial charge in [-0.15, -0.1) is 0 Å². The molecule has 0 bridgehead atoms. The maximum Gasteiger partial charge on any atom is 0.161 e. The quantitative estimate of drug-likeness (QED) is 0.671. The maximum atomic E-state index is 5.40. The maximum absolute atomic E-state index is 5.40. The zero-order chi connectivity index (χ0) is 10.4. The molecule has 1 unspecified atom stereocenters. The van der Waals surface area contributed by atoms with Crippen molar-refractivity contribution in [3.05, 3.63) is 35.4 Å². The Hall–Kier alpha value is -0.860. The number of hydrogen-bond acceptors (Lipinski definition) is 2. The highest BCUT2D eigenvalue weighted by molar-refractivity contribution is 5.21. The van der Waals surface area contributed by atoms with Gasteiger partial charge < -0.3 is 9.47 Å². The second kappa shape index (κ2) is 5.78. The van der Waals surface area contributed by atoms with Crippen molar-refractivity contribution >= 4 is 0 Å². The van der Waals surface area contributed by atoms with Crippen LogP contribution in [0.5, 0.6) is 0 Å². The highest BCUT2D eigenvalue weighted by Crippen LogP contribution is 2.08. The summed E-state index contributed by atoms with van der Waals surface area (Å²) in [6.07, 6.45) is 0.688. The molecule has 0 radical (unpaired) electrons. The summed E-state index contributed by atoms with van der Waals surface area (Å²) in [6, 6.07) is 8.43. The Bertz CT molecular complexity index is 254. The predicted molar refractivity (Wildman–Crippen MR) is 57.3 cm³/mol. The van der Waals surface area contributed by atoms with Gasteiger partial charge in [0.2, 0.25) is 0 Å². The highest BCUT2D eigenvalue weighted by atomic mass is 16.7. The molecular weight excluding hydrogens is 176 g/mol. The van der Waals surface area contributed by atoms with E-state index in [0.29, 0.717) is 6.61 Å². The zero-order valence-corrected chi connectivity index (χ0v) is 9.12. The molecule has 0 saturated carbocycles. The SMILES string of the molecule is CCOC(Cc1ccc(C)cc1)OC. The Morgan fingerprint density at radius 3 is 2.36 bits per heavy atom. The topological polar surface area (TPSA) is 18.5 Å². The molecule has 78 valence electrons. The Labute approximate surface area is 85.8 Å². The van der Waals surface area contributed by atoms with Crippen molar-refractivity contribution in [3.8, 4) is 0 Å². The van der Waals surface area contributed by atoms with Gasteiger partial charge in [0.25, 0.3) is 0 Å². The molecule has 0 amide bonds. The molecule has 0 spiro atoms. The molecule has 1 rings (SSSR count). The van der Waals surface area contributed by atoms with E-state index < -0.39 is 0 Å². The van der Waals surface area contributed by atoms with Crippen molar-refractivity contribution in [2.45, 2.75) is 26.6 Å². The van der Waals surface area contributed by atoms with Gasteiger partial charge in [-0.25, -0.2) is 0 Å². The molecule has 1 atom stereocenters. The van der Waals surface area contributed by atoms with Crippen LogP contribution in [0.4, 0.5) is 0 Å². The molecule has 0 aromatic heterocycles. The van der Waals surface area contributed by atoms with Crippen LogP contribution in [0.1, 0.15) is 18.1 Å². The lowest BCUT2D eigenvalue weighted by molar-refractivity contribution is -0.118. The molecular formula is C12H18O2. The second-order valence-electron chi connectivity index (χ2n) is 3.31. The Morgan fingerprint density at radius 1 is 1.21 bits per heavy atom. The van der Waals surface area contributed by atoms with Crippen LogP contribution in [0, 0.1) is 6.92 Å². The normalized spacial score (nSPS) is 12.8. The van der Waals surface area contributed by atoms with E-state index in [9.17, 15) is 0 Å². The molecule has 0 N–H and O–H groups in total. The first-order chi connectivity index (χ1) is 6.76. The van der Waals surface area contributed by atoms with E-state index in [1.807, 2.05) is 6.92 Å². The van der Waals surface area contributed by atoms with Crippen LogP contribution in [-0.4, -0.2) is 20.0 Å². The van der Waals surface area contributed by atoms with Crippen LogP contribution in [0.15, 0.2) is 24.3 Å². The fraction of sp³-hybridized carbons (Fsp3) is 0.500. The Kier molecular flexibility index (Phi) is 4.63. The van der Waals surface area contributed by atoms with E-state index in [1.54, 1.807) is 7.11 Å². The fourth-order valence-corrected chi connectivity index (χ4v) is 1.31. The summed E-state index contributed by atoms with van der Waals surface area (Å²) >= 11 is 0. The average molecular weight is 194 g/mol. The largest absolute Gasteiger partial charge is 0.356 e. The smallest absolute Gasteiger partial charge is 0.161 e. The molecule has 0 saturated heterocycles. The van der Waals surface area contributed by atoms with Gasteiger partial charge >= 0.3 is 0 Å². The van der Waals surface area contributed by atoms with Gasteiger partial charge in [0.1, 0.15) is 0 Å². The number of aryl methyl sites for hydroxylation is 1. The molecule has 2 heteroatoms. The third kappa shape index (κ3) is 3.48. The minimum Gasteiger partial charge on any atom is -0.356 e. The van der Waals surface area contributed by atoms with Gasteiger partial charge in [0, 0.05) is 20.1 Å². The Balaban J connectivity index is 2.53. The average Bonchev–Trinajstić information content (AvgIpc) is 2.20. The van der Waals surface area contributed by atoms with Crippen molar-refractivity contribution < 1.29 is 9.47 Å². The van der Waals surface area contributed by atoms with Gasteiger partial charge in [-0.2, -0.15) is 0 Å². The monoisotopic (exact) mass is 194 g/mol. The first kappa shape index (κ1) is 11.2. The summed E-state index contributed by atoms with van der Waals surface area (Å²) in [6.45, 7) is 4.74. The van der Waals surface area contributed by atoms with Crippen molar-refractivity contribution in [3.63, 3.8) is 0 Å². The van der Waals surface area contributed by atoms with Gasteiger partial charge in [-0.1, -0.05) is 29.8 Å². The van der Waals surface area contributed by atoms with E-state index in [2.05, 4.69) is 31.2 Å². The number of hydrogen-bond donors (Lipinski definition) is 0. The summed E-state index contributed by atoms with van der Waals surface area (Å²) in [5.41, 5.74) is 2.52. The first-order valence-electron chi connectivity index (χ1n) is 4.96. The molecule has 0 aliphatic rings. The van der Waals surface area contributed by atoms with Crippen LogP contribution >= 0.6 is 0 Å². The van der Waals surface area contributed by atoms with Crippen molar-refractivity contribution in [2.24, 2.45) is 0 Å². The molecule has 0 aliphatic heterocycles. The lowest BCUT2D eigenvalue weighted by Crippen LogP contribution is -2.18. The zero-order valence-electron chi connectivity index (χ0n) is 9.12. The fourth-order valence-electron chi connectivity index (χ4n) is 1.31. The van der Waals surface area contributed by atoms with E-state index in [4.69, 9.17) is 9.47 Å². The molecule has 0 aliphatic carbocycles. The van der Waals surface area contributed by atoms with Crippen LogP contribution in [0.2, 0.25) is 0 Å². The third-order valence-corrected chi connectivity index (χ3v) is 2.14. The summed E-state index contributed by atoms with van der Waals surface area (Å²) < 4.78 is 10.6. The lowest BCUT2D eigenvalue weighted by Gasteiger charge is -2.14. The van der Waals surface area contributed by atoms with Crippen molar-refractivity contribution in [2.75, 3.05) is 13.7 Å². The minimum absolute atomic E-state index is 0.122.